The first-order chi connectivity index (χ1) is 3.29. The Labute approximate surface area is 58.4 Å². The third-order valence-corrected chi connectivity index (χ3v) is 41.3. The van der Waals surface area contributed by atoms with E-state index in [4.69, 9.17) is 4.18 Å². The van der Waals surface area contributed by atoms with Gasteiger partial charge in [0.15, 0.2) is 0 Å². The van der Waals surface area contributed by atoms with Crippen LogP contribution in [0.15, 0.2) is 0 Å². The minimum atomic E-state index is -0.405. The summed E-state index contributed by atoms with van der Waals surface area (Å²) in [6, 6.07) is 0. The molecule has 0 aromatic rings. The van der Waals surface area contributed by atoms with Crippen molar-refractivity contribution < 1.29 is 4.18 Å². The number of hydrogen-bond acceptors (Lipinski definition) is 1. The Kier molecular flexibility index (Phi) is 1.10. The minimum Gasteiger partial charge on any atom is -0.306 e. The molecule has 44 valence electrons. The van der Waals surface area contributed by atoms with E-state index in [0.717, 1.165) is 13.1 Å². The Morgan fingerprint density at radius 1 is 1.71 bits per heavy atom. The quantitative estimate of drug-likeness (QED) is 0.552. The smallest absolute Gasteiger partial charge is 0.0743 e. The molecule has 0 radical (unpaired) electrons. The molecule has 1 nitrogen and oxygen atoms in total. The molecule has 0 bridgehead atoms. The summed E-state index contributed by atoms with van der Waals surface area (Å²) in [4.78, 5) is 0. The van der Waals surface area contributed by atoms with Gasteiger partial charge in [-0.1, -0.05) is 0 Å². The van der Waals surface area contributed by atoms with E-state index in [-0.39, 0.29) is 0 Å². The van der Waals surface area contributed by atoms with Crippen molar-refractivity contribution in [1.82, 2.24) is 0 Å². The molecule has 0 fully saturated rings. The number of hydrogen-bond donors (Lipinski definition) is 0. The molecule has 0 unspecified atom stereocenters. The van der Waals surface area contributed by atoms with Crippen LogP contribution in [0.25, 0.3) is 0 Å². The summed E-state index contributed by atoms with van der Waals surface area (Å²) in [5, 5.41) is 0. The van der Waals surface area contributed by atoms with Gasteiger partial charge in [-0.3, -0.25) is 0 Å². The van der Waals surface area contributed by atoms with E-state index in [1.807, 2.05) is 7.11 Å². The molecule has 0 saturated heterocycles. The van der Waals surface area contributed by atoms with Gasteiger partial charge in [-0.15, -0.1) is 0 Å². The largest absolute Gasteiger partial charge is 0.306 e. The van der Waals surface area contributed by atoms with Crippen LogP contribution >= 0.6 is 21.2 Å². The van der Waals surface area contributed by atoms with E-state index in [9.17, 15) is 0 Å². The van der Waals surface area contributed by atoms with E-state index >= 15 is 0 Å². The SMILES string of the molecule is COS1(I)=S2=S=S=2=1. The third-order valence-electron chi connectivity index (χ3n) is 0.716. The highest BCUT2D eigenvalue weighted by atomic mass is 127. The van der Waals surface area contributed by atoms with Crippen LogP contribution in [0.5, 0.6) is 0 Å². The van der Waals surface area contributed by atoms with Crippen molar-refractivity contribution in [3.8, 4) is 0 Å². The van der Waals surface area contributed by atoms with Crippen LogP contribution in [-0.2, 0) is 30.8 Å². The monoisotopic (exact) mass is 286 g/mol. The molecular weight excluding hydrogens is 283 g/mol. The minimum absolute atomic E-state index is 0.405. The maximum absolute atomic E-state index is 5.28. The fourth-order valence-electron chi connectivity index (χ4n) is 0.293. The lowest BCUT2D eigenvalue weighted by Crippen LogP contribution is -1.80. The van der Waals surface area contributed by atoms with Gasteiger partial charge in [0.1, 0.15) is 0 Å². The Bertz CT molecular complexity index is 426. The second-order valence-corrected chi connectivity index (χ2v) is 25.3. The summed E-state index contributed by atoms with van der Waals surface area (Å²) in [5.41, 5.74) is 0. The van der Waals surface area contributed by atoms with Crippen LogP contribution in [0.1, 0.15) is 0 Å². The highest BCUT2D eigenvalue weighted by Gasteiger charge is 2.12. The third kappa shape index (κ3) is 0.584. The first-order valence-corrected chi connectivity index (χ1v) is 11.5. The molecule has 0 aromatic carbocycles. The molecule has 0 saturated carbocycles. The highest BCUT2D eigenvalue weighted by Crippen LogP contribution is 2.22. The zero-order chi connectivity index (χ0) is 5.07. The molecule has 2 heterocycles. The van der Waals surface area contributed by atoms with Gasteiger partial charge in [-0.25, -0.2) is 0 Å². The molecule has 0 aliphatic carbocycles. The van der Waals surface area contributed by atoms with E-state index in [0.29, 0.717) is 0 Å². The number of rotatable bonds is 1. The lowest BCUT2D eigenvalue weighted by atomic mass is 11.8. The van der Waals surface area contributed by atoms with Crippen molar-refractivity contribution in [2.24, 2.45) is 0 Å². The first kappa shape index (κ1) is 5.48. The van der Waals surface area contributed by atoms with Crippen LogP contribution in [0, 0.1) is 0 Å². The predicted molar refractivity (Wildman–Crippen MR) is 50.5 cm³/mol. The Morgan fingerprint density at radius 3 is 2.29 bits per heavy atom. The van der Waals surface area contributed by atoms with Crippen LogP contribution in [0.3, 0.4) is 0 Å². The summed E-state index contributed by atoms with van der Waals surface area (Å²) in [5.74, 6) is 0. The first-order valence-electron chi connectivity index (χ1n) is 1.56. The summed E-state index contributed by atoms with van der Waals surface area (Å²) in [6.45, 7) is 1.49. The van der Waals surface area contributed by atoms with E-state index in [1.165, 1.54) is 0 Å². The summed E-state index contributed by atoms with van der Waals surface area (Å²) in [6.07, 6.45) is 0. The van der Waals surface area contributed by atoms with Crippen LogP contribution in [-0.4, -0.2) is 7.11 Å². The molecule has 7 heavy (non-hydrogen) atoms. The molecule has 2 rings (SSSR count). The Morgan fingerprint density at radius 2 is 2.29 bits per heavy atom. The molecular formula is CH3IOS4. The van der Waals surface area contributed by atoms with Crippen LogP contribution in [0.4, 0.5) is 0 Å². The van der Waals surface area contributed by atoms with Crippen molar-refractivity contribution >= 4 is 47.8 Å². The summed E-state index contributed by atoms with van der Waals surface area (Å²) < 4.78 is 4.88. The van der Waals surface area contributed by atoms with E-state index < -0.39 is 4.60 Å². The van der Waals surface area contributed by atoms with Crippen molar-refractivity contribution in [3.05, 3.63) is 0 Å². The zero-order valence-electron chi connectivity index (χ0n) is 3.42. The fraction of sp³-hybridized carbons (Fsp3) is 1.00. The van der Waals surface area contributed by atoms with Gasteiger partial charge < -0.3 is 4.18 Å². The summed E-state index contributed by atoms with van der Waals surface area (Å²) in [7, 11) is 3.95. The lowest BCUT2D eigenvalue weighted by molar-refractivity contribution is 0.493. The van der Waals surface area contributed by atoms with Gasteiger partial charge in [0.05, 0.1) is 11.7 Å². The maximum atomic E-state index is 5.28. The van der Waals surface area contributed by atoms with Gasteiger partial charge >= 0.3 is 0 Å². The zero-order valence-corrected chi connectivity index (χ0v) is 8.84. The second-order valence-electron chi connectivity index (χ2n) is 1.04. The molecule has 2 aliphatic heterocycles. The average Bonchev–Trinajstić information content (AvgIpc) is 2.46. The van der Waals surface area contributed by atoms with Gasteiger partial charge in [-0.05, 0) is 22.0 Å². The standard InChI is InChI=1S/CH3IOS4/c1-3-7(2)5-4-6(5)7/h1H3. The highest BCUT2D eigenvalue weighted by molar-refractivity contribution is 14.2. The Balaban J connectivity index is 2.80. The van der Waals surface area contributed by atoms with E-state index in [2.05, 4.69) is 30.1 Å². The van der Waals surface area contributed by atoms with Crippen LogP contribution < -0.4 is 0 Å². The van der Waals surface area contributed by atoms with Gasteiger partial charge in [0.2, 0.25) is 0 Å². The molecule has 0 atom stereocenters. The molecule has 0 spiro atoms. The Hall–Kier alpha value is 1.70. The fourth-order valence-corrected chi connectivity index (χ4v) is 49.4. The molecule has 0 aromatic heterocycles. The lowest BCUT2D eigenvalue weighted by Gasteiger charge is -1.88. The average molecular weight is 286 g/mol. The molecule has 2 aliphatic rings. The van der Waals surface area contributed by atoms with Crippen molar-refractivity contribution in [3.63, 3.8) is 0 Å². The predicted octanol–water partition coefficient (Wildman–Crippen LogP) is 0.973. The van der Waals surface area contributed by atoms with Crippen molar-refractivity contribution in [2.75, 3.05) is 7.11 Å². The topological polar surface area (TPSA) is 9.23 Å². The van der Waals surface area contributed by atoms with Crippen molar-refractivity contribution in [1.29, 1.82) is 0 Å². The maximum Gasteiger partial charge on any atom is 0.0743 e. The van der Waals surface area contributed by atoms with Gasteiger partial charge in [0.25, 0.3) is 0 Å². The summed E-state index contributed by atoms with van der Waals surface area (Å²) >= 11 is 2.49. The molecule has 0 amide bonds. The van der Waals surface area contributed by atoms with E-state index in [1.54, 1.807) is 0 Å². The van der Waals surface area contributed by atoms with Crippen molar-refractivity contribution in [2.45, 2.75) is 0 Å². The second kappa shape index (κ2) is 1.40. The number of halogens is 1. The normalized spacial score (nSPS) is 28.9. The van der Waals surface area contributed by atoms with Gasteiger partial charge in [0, 0.05) is 21.2 Å². The van der Waals surface area contributed by atoms with Crippen LogP contribution in [0.2, 0.25) is 0 Å². The molecule has 0 N–H and O–H groups in total. The molecule has 6 heteroatoms. The van der Waals surface area contributed by atoms with Gasteiger partial charge in [-0.2, -0.15) is 0 Å².